The van der Waals surface area contributed by atoms with Crippen LogP contribution >= 0.6 is 11.8 Å². The van der Waals surface area contributed by atoms with E-state index in [4.69, 9.17) is 0 Å². The number of benzene rings is 1. The average molecular weight is 236 g/mol. The van der Waals surface area contributed by atoms with Gasteiger partial charge in [0.25, 0.3) is 0 Å². The molecule has 1 N–H and O–H groups in total. The van der Waals surface area contributed by atoms with Crippen LogP contribution in [0.1, 0.15) is 31.2 Å². The smallest absolute Gasteiger partial charge is 0.0540 e. The molecular formula is C14H20OS. The molecule has 0 radical (unpaired) electrons. The molecular weight excluding hydrogens is 216 g/mol. The lowest BCUT2D eigenvalue weighted by Crippen LogP contribution is -2.19. The molecule has 2 heteroatoms. The summed E-state index contributed by atoms with van der Waals surface area (Å²) >= 11 is 1.79. The Bertz CT molecular complexity index is 312. The van der Waals surface area contributed by atoms with Crippen LogP contribution < -0.4 is 0 Å². The molecule has 0 saturated heterocycles. The molecule has 1 aliphatic carbocycles. The summed E-state index contributed by atoms with van der Waals surface area (Å²) in [5.74, 6) is 0.781. The molecule has 1 aliphatic rings. The Morgan fingerprint density at radius 2 is 1.75 bits per heavy atom. The highest BCUT2D eigenvalue weighted by atomic mass is 32.2. The lowest BCUT2D eigenvalue weighted by Gasteiger charge is -2.25. The topological polar surface area (TPSA) is 20.2 Å². The lowest BCUT2D eigenvalue weighted by atomic mass is 9.83. The summed E-state index contributed by atoms with van der Waals surface area (Å²) in [4.78, 5) is 1.34. The first kappa shape index (κ1) is 12.0. The maximum atomic E-state index is 9.46. The maximum absolute atomic E-state index is 9.46. The molecule has 0 aromatic heterocycles. The van der Waals surface area contributed by atoms with Crippen LogP contribution in [0.2, 0.25) is 0 Å². The third-order valence-electron chi connectivity index (χ3n) is 3.50. The summed E-state index contributed by atoms with van der Waals surface area (Å²) in [7, 11) is 0. The number of aliphatic hydroxyl groups is 1. The molecule has 0 atom stereocenters. The zero-order valence-electron chi connectivity index (χ0n) is 9.86. The summed E-state index contributed by atoms with van der Waals surface area (Å²) in [5.41, 5.74) is 1.44. The first-order valence-electron chi connectivity index (χ1n) is 6.09. The molecule has 0 bridgehead atoms. The van der Waals surface area contributed by atoms with Gasteiger partial charge in [-0.1, -0.05) is 12.1 Å². The molecule has 0 spiro atoms. The maximum Gasteiger partial charge on any atom is 0.0540 e. The second-order valence-corrected chi connectivity index (χ2v) is 5.61. The van der Waals surface area contributed by atoms with E-state index in [0.717, 1.165) is 18.8 Å². The van der Waals surface area contributed by atoms with Gasteiger partial charge in [0.05, 0.1) is 6.10 Å². The summed E-state index contributed by atoms with van der Waals surface area (Å²) in [5, 5.41) is 9.46. The van der Waals surface area contributed by atoms with Crippen molar-refractivity contribution in [1.29, 1.82) is 0 Å². The molecule has 0 aliphatic heterocycles. The van der Waals surface area contributed by atoms with Crippen LogP contribution in [-0.4, -0.2) is 17.5 Å². The van der Waals surface area contributed by atoms with Crippen molar-refractivity contribution in [2.75, 3.05) is 6.26 Å². The Kier molecular flexibility index (Phi) is 4.30. The van der Waals surface area contributed by atoms with Crippen molar-refractivity contribution in [3.05, 3.63) is 29.8 Å². The van der Waals surface area contributed by atoms with Crippen LogP contribution in [0, 0.1) is 5.92 Å². The molecule has 16 heavy (non-hydrogen) atoms. The zero-order chi connectivity index (χ0) is 11.4. The van der Waals surface area contributed by atoms with Crippen LogP contribution in [0.25, 0.3) is 0 Å². The van der Waals surface area contributed by atoms with E-state index in [9.17, 15) is 5.11 Å². The molecule has 0 unspecified atom stereocenters. The van der Waals surface area contributed by atoms with Crippen molar-refractivity contribution < 1.29 is 5.11 Å². The SMILES string of the molecule is CSc1ccc(CC2CCC(O)CC2)cc1. The zero-order valence-corrected chi connectivity index (χ0v) is 10.7. The van der Waals surface area contributed by atoms with E-state index in [1.165, 1.54) is 29.7 Å². The van der Waals surface area contributed by atoms with Crippen LogP contribution in [0.3, 0.4) is 0 Å². The number of hydrogen-bond acceptors (Lipinski definition) is 2. The van der Waals surface area contributed by atoms with Crippen molar-refractivity contribution in [2.24, 2.45) is 5.92 Å². The van der Waals surface area contributed by atoms with Crippen LogP contribution in [0.15, 0.2) is 29.2 Å². The number of aliphatic hydroxyl groups excluding tert-OH is 1. The van der Waals surface area contributed by atoms with Crippen LogP contribution in [-0.2, 0) is 6.42 Å². The quantitative estimate of drug-likeness (QED) is 0.811. The first-order chi connectivity index (χ1) is 7.78. The fourth-order valence-electron chi connectivity index (χ4n) is 2.44. The minimum absolute atomic E-state index is 0.0323. The predicted molar refractivity (Wildman–Crippen MR) is 69.9 cm³/mol. The molecule has 2 rings (SSSR count). The van der Waals surface area contributed by atoms with E-state index in [1.807, 2.05) is 0 Å². The van der Waals surface area contributed by atoms with E-state index in [1.54, 1.807) is 11.8 Å². The van der Waals surface area contributed by atoms with Gasteiger partial charge < -0.3 is 5.11 Å². The second kappa shape index (κ2) is 5.74. The lowest BCUT2D eigenvalue weighted by molar-refractivity contribution is 0.109. The van der Waals surface area contributed by atoms with Gasteiger partial charge in [-0.05, 0) is 62.0 Å². The number of rotatable bonds is 3. The molecule has 1 aromatic carbocycles. The predicted octanol–water partition coefficient (Wildman–Crippen LogP) is 3.50. The van der Waals surface area contributed by atoms with Gasteiger partial charge in [-0.15, -0.1) is 11.8 Å². The summed E-state index contributed by atoms with van der Waals surface area (Å²) < 4.78 is 0. The van der Waals surface area contributed by atoms with Gasteiger partial charge in [-0.25, -0.2) is 0 Å². The number of thioether (sulfide) groups is 1. The van der Waals surface area contributed by atoms with Crippen molar-refractivity contribution in [3.8, 4) is 0 Å². The summed E-state index contributed by atoms with van der Waals surface area (Å²) in [6.07, 6.45) is 7.62. The Hall–Kier alpha value is -0.470. The van der Waals surface area contributed by atoms with E-state index in [-0.39, 0.29) is 6.10 Å². The third-order valence-corrected chi connectivity index (χ3v) is 4.24. The van der Waals surface area contributed by atoms with Crippen molar-refractivity contribution in [3.63, 3.8) is 0 Å². The Morgan fingerprint density at radius 3 is 2.31 bits per heavy atom. The number of hydrogen-bond donors (Lipinski definition) is 1. The van der Waals surface area contributed by atoms with E-state index in [0.29, 0.717) is 0 Å². The molecule has 0 heterocycles. The fraction of sp³-hybridized carbons (Fsp3) is 0.571. The normalized spacial score (nSPS) is 25.6. The summed E-state index contributed by atoms with van der Waals surface area (Å²) in [6.45, 7) is 0. The minimum atomic E-state index is -0.0323. The van der Waals surface area contributed by atoms with Crippen molar-refractivity contribution in [1.82, 2.24) is 0 Å². The summed E-state index contributed by atoms with van der Waals surface area (Å²) in [6, 6.07) is 8.91. The van der Waals surface area contributed by atoms with Crippen molar-refractivity contribution >= 4 is 11.8 Å². The first-order valence-corrected chi connectivity index (χ1v) is 7.31. The van der Waals surface area contributed by atoms with Gasteiger partial charge in [0, 0.05) is 4.90 Å². The highest BCUT2D eigenvalue weighted by Gasteiger charge is 2.19. The largest absolute Gasteiger partial charge is 0.393 e. The molecule has 1 aromatic rings. The second-order valence-electron chi connectivity index (χ2n) is 4.73. The molecule has 1 fully saturated rings. The molecule has 88 valence electrons. The minimum Gasteiger partial charge on any atom is -0.393 e. The Labute approximate surface area is 102 Å². The van der Waals surface area contributed by atoms with Gasteiger partial charge >= 0.3 is 0 Å². The van der Waals surface area contributed by atoms with Crippen LogP contribution in [0.4, 0.5) is 0 Å². The van der Waals surface area contributed by atoms with Crippen LogP contribution in [0.5, 0.6) is 0 Å². The van der Waals surface area contributed by atoms with E-state index < -0.39 is 0 Å². The van der Waals surface area contributed by atoms with Gasteiger partial charge in [0.1, 0.15) is 0 Å². The van der Waals surface area contributed by atoms with Crippen molar-refractivity contribution in [2.45, 2.75) is 43.1 Å². The van der Waals surface area contributed by atoms with Gasteiger partial charge in [0.15, 0.2) is 0 Å². The van der Waals surface area contributed by atoms with Gasteiger partial charge in [-0.2, -0.15) is 0 Å². The van der Waals surface area contributed by atoms with E-state index >= 15 is 0 Å². The Morgan fingerprint density at radius 1 is 1.12 bits per heavy atom. The molecule has 1 saturated carbocycles. The van der Waals surface area contributed by atoms with E-state index in [2.05, 4.69) is 30.5 Å². The monoisotopic (exact) mass is 236 g/mol. The molecule has 0 amide bonds. The third kappa shape index (κ3) is 3.26. The standard InChI is InChI=1S/C14H20OS/c1-16-14-8-4-12(5-9-14)10-11-2-6-13(15)7-3-11/h4-5,8-9,11,13,15H,2-3,6-7,10H2,1H3. The average Bonchev–Trinajstić information content (AvgIpc) is 2.33. The van der Waals surface area contributed by atoms with Gasteiger partial charge in [-0.3, -0.25) is 0 Å². The van der Waals surface area contributed by atoms with Gasteiger partial charge in [0.2, 0.25) is 0 Å². The highest BCUT2D eigenvalue weighted by molar-refractivity contribution is 7.98. The molecule has 1 nitrogen and oxygen atoms in total. The highest BCUT2D eigenvalue weighted by Crippen LogP contribution is 2.27. The Balaban J connectivity index is 1.88. The fourth-order valence-corrected chi connectivity index (χ4v) is 2.85.